The summed E-state index contributed by atoms with van der Waals surface area (Å²) in [5.74, 6) is -0.757. The van der Waals surface area contributed by atoms with Gasteiger partial charge in [-0.1, -0.05) is 56.3 Å². The number of hydrogen-bond acceptors (Lipinski definition) is 10. The Kier molecular flexibility index (Phi) is 10.8. The number of carbonyl (C=O) groups excluding carboxylic acids is 2. The summed E-state index contributed by atoms with van der Waals surface area (Å²) in [6, 6.07) is 12.2. The van der Waals surface area contributed by atoms with Gasteiger partial charge >= 0.3 is 0 Å². The number of aromatic nitrogens is 2. The maximum absolute atomic E-state index is 15.5. The lowest BCUT2D eigenvalue weighted by Gasteiger charge is -2.48. The lowest BCUT2D eigenvalue weighted by Crippen LogP contribution is -2.48. The van der Waals surface area contributed by atoms with E-state index < -0.39 is 8.32 Å². The molecule has 3 aromatic rings. The Morgan fingerprint density at radius 1 is 0.980 bits per heavy atom. The molecule has 2 saturated heterocycles. The molecule has 2 amide bonds. The molecule has 0 radical (unpaired) electrons. The summed E-state index contributed by atoms with van der Waals surface area (Å²) >= 11 is 0. The smallest absolute Gasteiger partial charge is 0.261 e. The number of amides is 2. The molecule has 2 fully saturated rings. The van der Waals surface area contributed by atoms with Gasteiger partial charge < -0.3 is 23.6 Å². The average molecular weight is 704 g/mol. The highest BCUT2D eigenvalue weighted by atomic mass is 28.4. The van der Waals surface area contributed by atoms with E-state index in [-0.39, 0.29) is 61.2 Å². The molecule has 2 unspecified atom stereocenters. The minimum atomic E-state index is -2.03. The van der Waals surface area contributed by atoms with Gasteiger partial charge in [0, 0.05) is 54.8 Å². The molecule has 0 saturated carbocycles. The van der Waals surface area contributed by atoms with Crippen LogP contribution in [0.1, 0.15) is 66.3 Å². The zero-order valence-electron chi connectivity index (χ0n) is 29.5. The fraction of sp³-hybridized carbons (Fsp3) is 0.486. The average Bonchev–Trinajstić information content (AvgIpc) is 3.32. The molecule has 0 aliphatic carbocycles. The van der Waals surface area contributed by atoms with Gasteiger partial charge in [-0.15, -0.1) is 18.1 Å². The van der Waals surface area contributed by atoms with Gasteiger partial charge in [-0.3, -0.25) is 14.5 Å². The molecule has 11 nitrogen and oxygen atoms in total. The van der Waals surface area contributed by atoms with Gasteiger partial charge in [0.05, 0.1) is 36.5 Å². The third-order valence-electron chi connectivity index (χ3n) is 9.93. The van der Waals surface area contributed by atoms with Crippen LogP contribution in [0.15, 0.2) is 60.0 Å². The largest absolute Gasteiger partial charge is 0.561 e. The maximum atomic E-state index is 15.5. The number of benzene rings is 2. The summed E-state index contributed by atoms with van der Waals surface area (Å²) in [7, 11) is -2.03. The number of halogens is 1. The van der Waals surface area contributed by atoms with Gasteiger partial charge in [0.25, 0.3) is 11.8 Å². The van der Waals surface area contributed by atoms with E-state index in [0.717, 1.165) is 25.0 Å². The summed E-state index contributed by atoms with van der Waals surface area (Å²) < 4.78 is 33.5. The van der Waals surface area contributed by atoms with Crippen molar-refractivity contribution >= 4 is 31.8 Å². The van der Waals surface area contributed by atoms with Crippen LogP contribution in [0.3, 0.4) is 0 Å². The Bertz CT molecular complexity index is 1680. The van der Waals surface area contributed by atoms with Crippen molar-refractivity contribution in [3.63, 3.8) is 0 Å². The Balaban J connectivity index is 1.03. The van der Waals surface area contributed by atoms with Crippen molar-refractivity contribution in [1.29, 1.82) is 0 Å². The SMILES string of the molecule is CC(C)(C)[Si-](C)(C)OCc1cccc(-c2cnc(N3CC(=NOCC(COC4CCCCO4)CN4C(=O)c5ccccc5C4=O)C3)nc2)c1F. The molecular formula is C37H46FN5O6Si-. The zero-order chi connectivity index (χ0) is 35.5. The van der Waals surface area contributed by atoms with Crippen molar-refractivity contribution in [2.24, 2.45) is 11.1 Å². The summed E-state index contributed by atoms with van der Waals surface area (Å²) in [6.45, 7) is 13.2. The van der Waals surface area contributed by atoms with Crippen LogP contribution in [0, 0.1) is 11.7 Å². The topological polar surface area (TPSA) is 116 Å². The van der Waals surface area contributed by atoms with Gasteiger partial charge in [-0.2, -0.15) is 0 Å². The summed E-state index contributed by atoms with van der Waals surface area (Å²) in [5, 5.41) is 4.35. The number of rotatable bonds is 13. The fourth-order valence-electron chi connectivity index (χ4n) is 5.74. The third kappa shape index (κ3) is 7.96. The summed E-state index contributed by atoms with van der Waals surface area (Å²) in [4.78, 5) is 44.0. The zero-order valence-corrected chi connectivity index (χ0v) is 30.5. The molecule has 6 rings (SSSR count). The van der Waals surface area contributed by atoms with Gasteiger partial charge in [0.15, 0.2) is 6.29 Å². The Morgan fingerprint density at radius 3 is 2.30 bits per heavy atom. The fourth-order valence-corrected chi connectivity index (χ4v) is 6.69. The van der Waals surface area contributed by atoms with Crippen LogP contribution < -0.4 is 4.90 Å². The first-order valence-corrected chi connectivity index (χ1v) is 20.2. The standard InChI is InChI=1S/C37H46FN5O6Si/c1-37(2,3)50(4,5)49-24-26-11-10-14-29(33(26)38)27-17-39-36(40-18-27)42-20-28(21-42)41-48-23-25(22-47-32-15-8-9-16-46-32)19-43-34(44)30-12-6-7-13-31(30)35(43)45/h6-7,10-14,17-18,25,32H,8-9,15-16,19-24H2,1-5H3/q-1. The van der Waals surface area contributed by atoms with E-state index in [1.54, 1.807) is 48.8 Å². The number of ether oxygens (including phenoxy) is 2. The quantitative estimate of drug-likeness (QED) is 0.113. The second kappa shape index (κ2) is 15.1. The Morgan fingerprint density at radius 2 is 1.66 bits per heavy atom. The molecule has 3 aliphatic rings. The second-order valence-electron chi connectivity index (χ2n) is 14.7. The number of anilines is 1. The van der Waals surface area contributed by atoms with E-state index in [2.05, 4.69) is 49.0 Å². The van der Waals surface area contributed by atoms with E-state index in [0.29, 0.717) is 53.5 Å². The lowest BCUT2D eigenvalue weighted by atomic mass is 10.1. The number of carbonyl (C=O) groups is 2. The van der Waals surface area contributed by atoms with Crippen LogP contribution in [0.25, 0.3) is 11.1 Å². The van der Waals surface area contributed by atoms with Crippen LogP contribution in [-0.4, -0.2) is 86.5 Å². The first-order chi connectivity index (χ1) is 23.9. The molecular weight excluding hydrogens is 658 g/mol. The lowest BCUT2D eigenvalue weighted by molar-refractivity contribution is -0.172. The normalized spacial score (nSPS) is 18.6. The van der Waals surface area contributed by atoms with E-state index in [1.807, 2.05) is 11.0 Å². The highest BCUT2D eigenvalue weighted by Crippen LogP contribution is 2.37. The van der Waals surface area contributed by atoms with E-state index >= 15 is 4.39 Å². The molecule has 4 heterocycles. The van der Waals surface area contributed by atoms with Gasteiger partial charge in [0.1, 0.15) is 12.4 Å². The molecule has 3 aliphatic heterocycles. The van der Waals surface area contributed by atoms with Crippen molar-refractivity contribution in [3.05, 3.63) is 77.4 Å². The predicted molar refractivity (Wildman–Crippen MR) is 190 cm³/mol. The van der Waals surface area contributed by atoms with Gasteiger partial charge in [0.2, 0.25) is 5.95 Å². The molecule has 267 valence electrons. The third-order valence-corrected chi connectivity index (χ3v) is 14.4. The highest BCUT2D eigenvalue weighted by Gasteiger charge is 2.37. The van der Waals surface area contributed by atoms with Crippen molar-refractivity contribution in [2.75, 3.05) is 44.4 Å². The number of imide groups is 1. The number of nitrogens with zero attached hydrogens (tertiary/aromatic N) is 5. The summed E-state index contributed by atoms with van der Waals surface area (Å²) in [6.07, 6.45) is 5.78. The number of hydrogen-bond donors (Lipinski definition) is 0. The Hall–Kier alpha value is -4.04. The highest BCUT2D eigenvalue weighted by molar-refractivity contribution is 6.74. The molecule has 2 aromatic carbocycles. The van der Waals surface area contributed by atoms with Gasteiger partial charge in [-0.05, 0) is 39.7 Å². The monoisotopic (exact) mass is 703 g/mol. The van der Waals surface area contributed by atoms with Crippen LogP contribution in [0.5, 0.6) is 0 Å². The van der Waals surface area contributed by atoms with Crippen LogP contribution >= 0.6 is 0 Å². The van der Waals surface area contributed by atoms with Crippen molar-refractivity contribution in [1.82, 2.24) is 14.9 Å². The molecule has 2 atom stereocenters. The minimum absolute atomic E-state index is 0.0319. The van der Waals surface area contributed by atoms with Crippen LogP contribution in [-0.2, 0) is 25.3 Å². The van der Waals surface area contributed by atoms with Gasteiger partial charge in [-0.25, -0.2) is 14.4 Å². The van der Waals surface area contributed by atoms with Crippen molar-refractivity contribution < 1.29 is 32.7 Å². The predicted octanol–water partition coefficient (Wildman–Crippen LogP) is 6.45. The minimum Gasteiger partial charge on any atom is -0.561 e. The first kappa shape index (κ1) is 35.8. The van der Waals surface area contributed by atoms with Crippen LogP contribution in [0.4, 0.5) is 10.3 Å². The molecule has 1 aromatic heterocycles. The molecule has 0 N–H and O–H groups in total. The van der Waals surface area contributed by atoms with Crippen LogP contribution in [0.2, 0.25) is 18.1 Å². The molecule has 0 bridgehead atoms. The molecule has 0 spiro atoms. The number of oxime groups is 1. The van der Waals surface area contributed by atoms with Crippen molar-refractivity contribution in [2.45, 2.75) is 71.1 Å². The summed E-state index contributed by atoms with van der Waals surface area (Å²) in [5.41, 5.74) is 3.15. The second-order valence-corrected chi connectivity index (χ2v) is 19.5. The number of fused-ring (bicyclic) bond motifs is 1. The van der Waals surface area contributed by atoms with E-state index in [9.17, 15) is 9.59 Å². The van der Waals surface area contributed by atoms with E-state index in [4.69, 9.17) is 18.7 Å². The molecule has 50 heavy (non-hydrogen) atoms. The van der Waals surface area contributed by atoms with E-state index in [1.165, 1.54) is 4.90 Å². The Labute approximate surface area is 293 Å². The molecule has 13 heteroatoms. The van der Waals surface area contributed by atoms with Crippen molar-refractivity contribution in [3.8, 4) is 11.1 Å². The maximum Gasteiger partial charge on any atom is 0.261 e. The first-order valence-electron chi connectivity index (χ1n) is 17.3.